The predicted molar refractivity (Wildman–Crippen MR) is 98.0 cm³/mol. The monoisotopic (exact) mass is 348 g/mol. The van der Waals surface area contributed by atoms with E-state index in [1.807, 2.05) is 16.8 Å². The number of carbonyl (C=O) groups excluding carboxylic acids is 2. The zero-order chi connectivity index (χ0) is 16.8. The Bertz CT molecular complexity index is 530. The van der Waals surface area contributed by atoms with Crippen molar-refractivity contribution in [2.75, 3.05) is 5.32 Å². The molecule has 1 aromatic heterocycles. The molecule has 0 bridgehead atoms. The predicted octanol–water partition coefficient (Wildman–Crippen LogP) is 4.33. The van der Waals surface area contributed by atoms with Crippen LogP contribution in [0.25, 0.3) is 0 Å². The highest BCUT2D eigenvalue weighted by Crippen LogP contribution is 2.28. The van der Waals surface area contributed by atoms with Crippen LogP contribution in [-0.2, 0) is 9.59 Å². The largest absolute Gasteiger partial charge is 0.353 e. The molecule has 1 aromatic rings. The topological polar surface area (TPSA) is 58.2 Å². The number of rotatable bonds is 5. The summed E-state index contributed by atoms with van der Waals surface area (Å²) in [5, 5.41) is 10.1. The van der Waals surface area contributed by atoms with Gasteiger partial charge in [-0.1, -0.05) is 19.3 Å². The number of amides is 2. The van der Waals surface area contributed by atoms with E-state index in [9.17, 15) is 9.59 Å². The number of carbonyl (C=O) groups is 2. The van der Waals surface area contributed by atoms with E-state index in [0.29, 0.717) is 12.3 Å². The molecule has 0 atom stereocenters. The van der Waals surface area contributed by atoms with Gasteiger partial charge in [0, 0.05) is 23.8 Å². The number of hydrogen-bond acceptors (Lipinski definition) is 3. The van der Waals surface area contributed by atoms with Crippen LogP contribution in [0, 0.1) is 11.8 Å². The molecule has 0 radical (unpaired) electrons. The fourth-order valence-corrected chi connectivity index (χ4v) is 4.61. The molecule has 2 fully saturated rings. The van der Waals surface area contributed by atoms with Crippen molar-refractivity contribution in [3.05, 3.63) is 16.8 Å². The van der Waals surface area contributed by atoms with Gasteiger partial charge in [-0.05, 0) is 55.9 Å². The fraction of sp³-hybridized carbons (Fsp3) is 0.684. The third kappa shape index (κ3) is 5.07. The highest BCUT2D eigenvalue weighted by atomic mass is 32.1. The van der Waals surface area contributed by atoms with Crippen molar-refractivity contribution in [3.63, 3.8) is 0 Å². The summed E-state index contributed by atoms with van der Waals surface area (Å²) in [6.07, 6.45) is 10.6. The van der Waals surface area contributed by atoms with Crippen LogP contribution in [-0.4, -0.2) is 17.9 Å². The van der Waals surface area contributed by atoms with Crippen LogP contribution in [0.5, 0.6) is 0 Å². The molecule has 0 aromatic carbocycles. The van der Waals surface area contributed by atoms with Crippen LogP contribution in [0.2, 0.25) is 0 Å². The third-order valence-electron chi connectivity index (χ3n) is 5.45. The quantitative estimate of drug-likeness (QED) is 0.832. The SMILES string of the molecule is O=C(CC1CCCCC1)NC1CCC(C(=O)Nc2ccsc2)CC1. The Hall–Kier alpha value is -1.36. The molecule has 4 nitrogen and oxygen atoms in total. The van der Waals surface area contributed by atoms with E-state index in [2.05, 4.69) is 10.6 Å². The maximum absolute atomic E-state index is 12.3. The molecular formula is C19H28N2O2S. The van der Waals surface area contributed by atoms with E-state index in [0.717, 1.165) is 31.4 Å². The number of nitrogens with one attached hydrogen (secondary N) is 2. The van der Waals surface area contributed by atoms with Crippen molar-refractivity contribution >= 4 is 28.8 Å². The smallest absolute Gasteiger partial charge is 0.227 e. The first-order valence-corrected chi connectivity index (χ1v) is 10.3. The van der Waals surface area contributed by atoms with Crippen molar-refractivity contribution in [2.45, 2.75) is 70.3 Å². The standard InChI is InChI=1S/C19H28N2O2S/c22-18(12-14-4-2-1-3-5-14)20-16-8-6-15(7-9-16)19(23)21-17-10-11-24-13-17/h10-11,13-16H,1-9,12H2,(H,20,22)(H,21,23). The lowest BCUT2D eigenvalue weighted by atomic mass is 9.84. The summed E-state index contributed by atoms with van der Waals surface area (Å²) < 4.78 is 0. The van der Waals surface area contributed by atoms with Gasteiger partial charge in [-0.15, -0.1) is 0 Å². The molecule has 2 amide bonds. The molecule has 24 heavy (non-hydrogen) atoms. The van der Waals surface area contributed by atoms with E-state index >= 15 is 0 Å². The first-order chi connectivity index (χ1) is 11.7. The summed E-state index contributed by atoms with van der Waals surface area (Å²) in [4.78, 5) is 24.5. The maximum atomic E-state index is 12.3. The van der Waals surface area contributed by atoms with Crippen LogP contribution in [0.4, 0.5) is 5.69 Å². The van der Waals surface area contributed by atoms with Gasteiger partial charge in [0.2, 0.25) is 11.8 Å². The second-order valence-electron chi connectivity index (χ2n) is 7.33. The molecule has 2 aliphatic carbocycles. The van der Waals surface area contributed by atoms with E-state index in [1.165, 1.54) is 32.1 Å². The van der Waals surface area contributed by atoms with E-state index in [-0.39, 0.29) is 23.8 Å². The van der Waals surface area contributed by atoms with E-state index in [1.54, 1.807) is 11.3 Å². The summed E-state index contributed by atoms with van der Waals surface area (Å²) in [6, 6.07) is 2.19. The normalized spacial score (nSPS) is 25.2. The van der Waals surface area contributed by atoms with Gasteiger partial charge < -0.3 is 10.6 Å². The Kier molecular flexibility index (Phi) is 6.30. The van der Waals surface area contributed by atoms with Gasteiger partial charge in [-0.2, -0.15) is 11.3 Å². The Balaban J connectivity index is 1.36. The van der Waals surface area contributed by atoms with Gasteiger partial charge in [0.15, 0.2) is 0 Å². The minimum absolute atomic E-state index is 0.0800. The van der Waals surface area contributed by atoms with E-state index in [4.69, 9.17) is 0 Å². The summed E-state index contributed by atoms with van der Waals surface area (Å²) in [7, 11) is 0. The minimum Gasteiger partial charge on any atom is -0.353 e. The van der Waals surface area contributed by atoms with Crippen LogP contribution in [0.15, 0.2) is 16.8 Å². The molecule has 0 unspecified atom stereocenters. The highest BCUT2D eigenvalue weighted by Gasteiger charge is 2.27. The molecule has 2 N–H and O–H groups in total. The van der Waals surface area contributed by atoms with Crippen LogP contribution >= 0.6 is 11.3 Å². The van der Waals surface area contributed by atoms with Crippen molar-refractivity contribution in [2.24, 2.45) is 11.8 Å². The highest BCUT2D eigenvalue weighted by molar-refractivity contribution is 7.08. The molecule has 5 heteroatoms. The van der Waals surface area contributed by atoms with Gasteiger partial charge >= 0.3 is 0 Å². The second-order valence-corrected chi connectivity index (χ2v) is 8.11. The number of anilines is 1. The van der Waals surface area contributed by atoms with Crippen LogP contribution in [0.3, 0.4) is 0 Å². The maximum Gasteiger partial charge on any atom is 0.227 e. The first kappa shape index (κ1) is 17.5. The Morgan fingerprint density at radius 2 is 1.79 bits per heavy atom. The lowest BCUT2D eigenvalue weighted by Gasteiger charge is -2.29. The number of thiophene rings is 1. The average Bonchev–Trinajstić information content (AvgIpc) is 3.09. The van der Waals surface area contributed by atoms with Crippen LogP contribution in [0.1, 0.15) is 64.2 Å². The zero-order valence-corrected chi connectivity index (χ0v) is 15.1. The van der Waals surface area contributed by atoms with Crippen molar-refractivity contribution in [3.8, 4) is 0 Å². The fourth-order valence-electron chi connectivity index (χ4n) is 4.02. The Labute approximate surface area is 148 Å². The summed E-state index contributed by atoms with van der Waals surface area (Å²) in [5.74, 6) is 1.01. The second kappa shape index (κ2) is 8.65. The van der Waals surface area contributed by atoms with Gasteiger partial charge in [0.25, 0.3) is 0 Å². The molecule has 132 valence electrons. The average molecular weight is 349 g/mol. The van der Waals surface area contributed by atoms with Gasteiger partial charge in [-0.25, -0.2) is 0 Å². The van der Waals surface area contributed by atoms with Gasteiger partial charge in [0.05, 0.1) is 5.69 Å². The zero-order valence-electron chi connectivity index (χ0n) is 14.3. The van der Waals surface area contributed by atoms with E-state index < -0.39 is 0 Å². The third-order valence-corrected chi connectivity index (χ3v) is 6.13. The summed E-state index contributed by atoms with van der Waals surface area (Å²) >= 11 is 1.59. The molecule has 1 heterocycles. The summed E-state index contributed by atoms with van der Waals surface area (Å²) in [6.45, 7) is 0. The molecule has 0 saturated heterocycles. The molecule has 2 saturated carbocycles. The lowest BCUT2D eigenvalue weighted by molar-refractivity contribution is -0.123. The summed E-state index contributed by atoms with van der Waals surface area (Å²) in [5.41, 5.74) is 0.896. The van der Waals surface area contributed by atoms with Gasteiger partial charge in [-0.3, -0.25) is 9.59 Å². The minimum atomic E-state index is 0.0800. The lowest BCUT2D eigenvalue weighted by Crippen LogP contribution is -2.40. The first-order valence-electron chi connectivity index (χ1n) is 9.33. The molecule has 3 rings (SSSR count). The molecule has 0 spiro atoms. The van der Waals surface area contributed by atoms with Crippen LogP contribution < -0.4 is 10.6 Å². The Morgan fingerprint density at radius 3 is 2.46 bits per heavy atom. The van der Waals surface area contributed by atoms with Crippen molar-refractivity contribution in [1.29, 1.82) is 0 Å². The molecule has 2 aliphatic rings. The van der Waals surface area contributed by atoms with Crippen molar-refractivity contribution < 1.29 is 9.59 Å². The Morgan fingerprint density at radius 1 is 1.04 bits per heavy atom. The molecule has 0 aliphatic heterocycles. The molecular weight excluding hydrogens is 320 g/mol. The number of hydrogen-bond donors (Lipinski definition) is 2. The van der Waals surface area contributed by atoms with Gasteiger partial charge in [0.1, 0.15) is 0 Å². The van der Waals surface area contributed by atoms with Crippen molar-refractivity contribution in [1.82, 2.24) is 5.32 Å².